The summed E-state index contributed by atoms with van der Waals surface area (Å²) in [7, 11) is 0. The summed E-state index contributed by atoms with van der Waals surface area (Å²) >= 11 is 0. The second-order valence-electron chi connectivity index (χ2n) is 4.33. The predicted octanol–water partition coefficient (Wildman–Crippen LogP) is 3.31. The SMILES string of the molecule is C=C(CCC(=O)CCc1ccc(C(C)=O)o1)OCC. The highest BCUT2D eigenvalue weighted by atomic mass is 16.5. The van der Waals surface area contributed by atoms with Gasteiger partial charge in [-0.3, -0.25) is 9.59 Å². The molecule has 0 aliphatic heterocycles. The van der Waals surface area contributed by atoms with Crippen molar-refractivity contribution in [1.82, 2.24) is 0 Å². The van der Waals surface area contributed by atoms with E-state index in [1.54, 1.807) is 12.1 Å². The Labute approximate surface area is 113 Å². The van der Waals surface area contributed by atoms with Gasteiger partial charge in [0.15, 0.2) is 11.5 Å². The second-order valence-corrected chi connectivity index (χ2v) is 4.33. The molecule has 0 saturated heterocycles. The fourth-order valence-corrected chi connectivity index (χ4v) is 1.64. The van der Waals surface area contributed by atoms with Crippen LogP contribution in [0.4, 0.5) is 0 Å². The molecule has 1 aromatic heterocycles. The van der Waals surface area contributed by atoms with Crippen molar-refractivity contribution in [2.24, 2.45) is 0 Å². The molecule has 0 unspecified atom stereocenters. The number of ketones is 2. The molecule has 0 saturated carbocycles. The first-order valence-electron chi connectivity index (χ1n) is 6.44. The highest BCUT2D eigenvalue weighted by Crippen LogP contribution is 2.12. The molecule has 0 radical (unpaired) electrons. The van der Waals surface area contributed by atoms with E-state index >= 15 is 0 Å². The van der Waals surface area contributed by atoms with Crippen LogP contribution < -0.4 is 0 Å². The number of rotatable bonds is 9. The molecule has 1 rings (SSSR count). The van der Waals surface area contributed by atoms with Crippen molar-refractivity contribution in [3.63, 3.8) is 0 Å². The van der Waals surface area contributed by atoms with Crippen LogP contribution in [-0.2, 0) is 16.0 Å². The first-order valence-corrected chi connectivity index (χ1v) is 6.44. The number of ether oxygens (including phenoxy) is 1. The lowest BCUT2D eigenvalue weighted by molar-refractivity contribution is -0.119. The summed E-state index contributed by atoms with van der Waals surface area (Å²) in [5.74, 6) is 1.69. The summed E-state index contributed by atoms with van der Waals surface area (Å²) in [5.41, 5.74) is 0. The molecule has 19 heavy (non-hydrogen) atoms. The Morgan fingerprint density at radius 1 is 1.26 bits per heavy atom. The van der Waals surface area contributed by atoms with E-state index in [0.29, 0.717) is 49.6 Å². The van der Waals surface area contributed by atoms with E-state index in [4.69, 9.17) is 9.15 Å². The molecule has 0 aromatic carbocycles. The van der Waals surface area contributed by atoms with E-state index in [2.05, 4.69) is 6.58 Å². The first kappa shape index (κ1) is 15.2. The van der Waals surface area contributed by atoms with Gasteiger partial charge in [-0.15, -0.1) is 0 Å². The van der Waals surface area contributed by atoms with Gasteiger partial charge in [-0.05, 0) is 19.1 Å². The maximum atomic E-state index is 11.7. The largest absolute Gasteiger partial charge is 0.499 e. The van der Waals surface area contributed by atoms with Gasteiger partial charge >= 0.3 is 0 Å². The molecular formula is C15H20O4. The predicted molar refractivity (Wildman–Crippen MR) is 72.0 cm³/mol. The lowest BCUT2D eigenvalue weighted by Crippen LogP contribution is -2.01. The van der Waals surface area contributed by atoms with Crippen LogP contribution in [0.25, 0.3) is 0 Å². The molecule has 1 aromatic rings. The second kappa shape index (κ2) is 7.56. The Morgan fingerprint density at radius 3 is 2.58 bits per heavy atom. The maximum absolute atomic E-state index is 11.7. The van der Waals surface area contributed by atoms with Crippen molar-refractivity contribution in [2.45, 2.75) is 39.5 Å². The molecule has 104 valence electrons. The van der Waals surface area contributed by atoms with E-state index < -0.39 is 0 Å². The van der Waals surface area contributed by atoms with Crippen LogP contribution in [0.5, 0.6) is 0 Å². The van der Waals surface area contributed by atoms with E-state index in [9.17, 15) is 9.59 Å². The Hall–Kier alpha value is -1.84. The van der Waals surface area contributed by atoms with Gasteiger partial charge < -0.3 is 9.15 Å². The first-order chi connectivity index (χ1) is 9.02. The third-order valence-corrected chi connectivity index (χ3v) is 2.69. The number of hydrogen-bond donors (Lipinski definition) is 0. The quantitative estimate of drug-likeness (QED) is 0.507. The normalized spacial score (nSPS) is 10.2. The van der Waals surface area contributed by atoms with Gasteiger partial charge in [-0.25, -0.2) is 0 Å². The third kappa shape index (κ3) is 5.55. The summed E-state index contributed by atoms with van der Waals surface area (Å²) in [5, 5.41) is 0. The molecule has 4 heteroatoms. The number of allylic oxidation sites excluding steroid dienone is 1. The molecule has 0 aliphatic rings. The van der Waals surface area contributed by atoms with Crippen LogP contribution in [0.2, 0.25) is 0 Å². The van der Waals surface area contributed by atoms with Crippen molar-refractivity contribution in [1.29, 1.82) is 0 Å². The fourth-order valence-electron chi connectivity index (χ4n) is 1.64. The molecule has 4 nitrogen and oxygen atoms in total. The number of carbonyl (C=O) groups excluding carboxylic acids is 2. The van der Waals surface area contributed by atoms with E-state index in [1.165, 1.54) is 6.92 Å². The van der Waals surface area contributed by atoms with E-state index in [-0.39, 0.29) is 11.6 Å². The van der Waals surface area contributed by atoms with Gasteiger partial charge in [0.25, 0.3) is 0 Å². The zero-order chi connectivity index (χ0) is 14.3. The average molecular weight is 264 g/mol. The third-order valence-electron chi connectivity index (χ3n) is 2.69. The van der Waals surface area contributed by atoms with Crippen molar-refractivity contribution >= 4 is 11.6 Å². The summed E-state index contributed by atoms with van der Waals surface area (Å²) in [6.07, 6.45) is 1.92. The number of Topliss-reactive ketones (excluding diaryl/α,β-unsaturated/α-hetero) is 2. The molecule has 0 amide bonds. The zero-order valence-corrected chi connectivity index (χ0v) is 11.5. The van der Waals surface area contributed by atoms with Crippen LogP contribution in [0.15, 0.2) is 28.9 Å². The summed E-state index contributed by atoms with van der Waals surface area (Å²) in [6, 6.07) is 3.38. The Kier molecular flexibility index (Phi) is 6.06. The van der Waals surface area contributed by atoms with Gasteiger partial charge in [0, 0.05) is 32.6 Å². The Bertz CT molecular complexity index is 456. The number of carbonyl (C=O) groups is 2. The fraction of sp³-hybridized carbons (Fsp3) is 0.467. The van der Waals surface area contributed by atoms with Gasteiger partial charge in [-0.2, -0.15) is 0 Å². The van der Waals surface area contributed by atoms with Crippen LogP contribution >= 0.6 is 0 Å². The van der Waals surface area contributed by atoms with E-state index in [1.807, 2.05) is 6.92 Å². The highest BCUT2D eigenvalue weighted by molar-refractivity contribution is 5.91. The average Bonchev–Trinajstić information content (AvgIpc) is 2.83. The van der Waals surface area contributed by atoms with Crippen LogP contribution in [0, 0.1) is 0 Å². The minimum Gasteiger partial charge on any atom is -0.499 e. The molecular weight excluding hydrogens is 244 g/mol. The molecule has 0 aliphatic carbocycles. The van der Waals surface area contributed by atoms with Crippen LogP contribution in [0.3, 0.4) is 0 Å². The number of aryl methyl sites for hydroxylation is 1. The van der Waals surface area contributed by atoms with Gasteiger partial charge in [0.1, 0.15) is 11.5 Å². The molecule has 0 atom stereocenters. The Morgan fingerprint density at radius 2 is 2.00 bits per heavy atom. The van der Waals surface area contributed by atoms with Crippen molar-refractivity contribution in [3.05, 3.63) is 36.0 Å². The minimum absolute atomic E-state index is 0.106. The number of hydrogen-bond acceptors (Lipinski definition) is 4. The maximum Gasteiger partial charge on any atom is 0.194 e. The van der Waals surface area contributed by atoms with Gasteiger partial charge in [-0.1, -0.05) is 6.58 Å². The number of furan rings is 1. The van der Waals surface area contributed by atoms with Gasteiger partial charge in [0.05, 0.1) is 12.4 Å². The van der Waals surface area contributed by atoms with E-state index in [0.717, 1.165) is 0 Å². The molecule has 0 bridgehead atoms. The lowest BCUT2D eigenvalue weighted by atomic mass is 10.1. The molecule has 0 spiro atoms. The molecule has 1 heterocycles. The lowest BCUT2D eigenvalue weighted by Gasteiger charge is -2.05. The van der Waals surface area contributed by atoms with Crippen LogP contribution in [0.1, 0.15) is 49.4 Å². The van der Waals surface area contributed by atoms with Crippen molar-refractivity contribution in [2.75, 3.05) is 6.61 Å². The van der Waals surface area contributed by atoms with Gasteiger partial charge in [0.2, 0.25) is 0 Å². The summed E-state index contributed by atoms with van der Waals surface area (Å²) < 4.78 is 10.5. The van der Waals surface area contributed by atoms with Crippen molar-refractivity contribution in [3.8, 4) is 0 Å². The highest BCUT2D eigenvalue weighted by Gasteiger charge is 2.09. The standard InChI is InChI=1S/C15H20O4/c1-4-18-11(2)5-6-13(17)7-8-14-9-10-15(19-14)12(3)16/h9-10H,2,4-8H2,1,3H3. The minimum atomic E-state index is -0.106. The Balaban J connectivity index is 2.29. The van der Waals surface area contributed by atoms with Crippen LogP contribution in [-0.4, -0.2) is 18.2 Å². The molecule has 0 fully saturated rings. The topological polar surface area (TPSA) is 56.5 Å². The summed E-state index contributed by atoms with van der Waals surface area (Å²) in [6.45, 7) is 7.64. The zero-order valence-electron chi connectivity index (χ0n) is 11.5. The monoisotopic (exact) mass is 264 g/mol. The summed E-state index contributed by atoms with van der Waals surface area (Å²) in [4.78, 5) is 22.7. The van der Waals surface area contributed by atoms with Crippen molar-refractivity contribution < 1.29 is 18.7 Å². The molecule has 0 N–H and O–H groups in total. The smallest absolute Gasteiger partial charge is 0.194 e.